The molecule has 2 heterocycles. The lowest BCUT2D eigenvalue weighted by atomic mass is 9.93. The summed E-state index contributed by atoms with van der Waals surface area (Å²) in [4.78, 5) is 15.3. The Morgan fingerprint density at radius 1 is 1.16 bits per heavy atom. The minimum atomic E-state index is -0.0129. The van der Waals surface area contributed by atoms with Crippen LogP contribution in [-0.2, 0) is 4.79 Å². The van der Waals surface area contributed by atoms with Gasteiger partial charge in [-0.3, -0.25) is 4.79 Å². The van der Waals surface area contributed by atoms with Crippen molar-refractivity contribution in [2.24, 2.45) is 5.92 Å². The SMILES string of the molecule is CC[C@@H](C(=O)NCC1CCN(C2CCSCC2)CC1)c1ccccc1. The molecule has 0 unspecified atom stereocenters. The minimum Gasteiger partial charge on any atom is -0.355 e. The number of hydrogen-bond acceptors (Lipinski definition) is 3. The molecular weight excluding hydrogens is 328 g/mol. The Bertz CT molecular complexity index is 522. The van der Waals surface area contributed by atoms with Crippen molar-refractivity contribution in [3.63, 3.8) is 0 Å². The Balaban J connectivity index is 1.42. The van der Waals surface area contributed by atoms with Crippen LogP contribution in [0.3, 0.4) is 0 Å². The minimum absolute atomic E-state index is 0.0129. The summed E-state index contributed by atoms with van der Waals surface area (Å²) in [5.41, 5.74) is 1.13. The van der Waals surface area contributed by atoms with Crippen molar-refractivity contribution in [1.82, 2.24) is 10.2 Å². The van der Waals surface area contributed by atoms with Crippen LogP contribution in [0.5, 0.6) is 0 Å². The molecule has 2 aliphatic rings. The maximum absolute atomic E-state index is 12.6. The first kappa shape index (κ1) is 18.8. The molecule has 1 atom stereocenters. The van der Waals surface area contributed by atoms with E-state index in [-0.39, 0.29) is 11.8 Å². The molecule has 1 aromatic carbocycles. The van der Waals surface area contributed by atoms with Gasteiger partial charge >= 0.3 is 0 Å². The van der Waals surface area contributed by atoms with Gasteiger partial charge in [0.1, 0.15) is 0 Å². The van der Waals surface area contributed by atoms with Gasteiger partial charge in [0.15, 0.2) is 0 Å². The van der Waals surface area contributed by atoms with E-state index in [1.54, 1.807) is 0 Å². The number of amides is 1. The van der Waals surface area contributed by atoms with E-state index < -0.39 is 0 Å². The summed E-state index contributed by atoms with van der Waals surface area (Å²) in [6.07, 6.45) is 6.04. The molecule has 0 spiro atoms. The number of nitrogens with zero attached hydrogens (tertiary/aromatic N) is 1. The zero-order valence-electron chi connectivity index (χ0n) is 15.5. The van der Waals surface area contributed by atoms with Gasteiger partial charge in [0, 0.05) is 12.6 Å². The molecule has 1 aromatic rings. The lowest BCUT2D eigenvalue weighted by Crippen LogP contribution is -2.45. The summed E-state index contributed by atoms with van der Waals surface area (Å²) in [6, 6.07) is 11.0. The van der Waals surface area contributed by atoms with Crippen LogP contribution < -0.4 is 5.32 Å². The molecule has 2 saturated heterocycles. The highest BCUT2D eigenvalue weighted by atomic mass is 32.2. The van der Waals surface area contributed by atoms with Crippen LogP contribution >= 0.6 is 11.8 Å². The monoisotopic (exact) mass is 360 g/mol. The second kappa shape index (κ2) is 9.63. The topological polar surface area (TPSA) is 32.3 Å². The molecule has 3 rings (SSSR count). The van der Waals surface area contributed by atoms with Crippen LogP contribution in [0.2, 0.25) is 0 Å². The first-order valence-corrected chi connectivity index (χ1v) is 11.1. The second-order valence-corrected chi connectivity index (χ2v) is 8.66. The predicted octanol–water partition coefficient (Wildman–Crippen LogP) is 3.90. The highest BCUT2D eigenvalue weighted by Crippen LogP contribution is 2.26. The van der Waals surface area contributed by atoms with Gasteiger partial charge in [0.25, 0.3) is 0 Å². The van der Waals surface area contributed by atoms with E-state index >= 15 is 0 Å². The number of nitrogens with one attached hydrogen (secondary N) is 1. The van der Waals surface area contributed by atoms with Crippen LogP contribution in [0, 0.1) is 5.92 Å². The van der Waals surface area contributed by atoms with Gasteiger partial charge in [0.05, 0.1) is 5.92 Å². The van der Waals surface area contributed by atoms with Crippen molar-refractivity contribution < 1.29 is 4.79 Å². The van der Waals surface area contributed by atoms with E-state index in [0.29, 0.717) is 5.92 Å². The van der Waals surface area contributed by atoms with Crippen molar-refractivity contribution in [2.45, 2.75) is 51.0 Å². The highest BCUT2D eigenvalue weighted by molar-refractivity contribution is 7.99. The number of carbonyl (C=O) groups excluding carboxylic acids is 1. The van der Waals surface area contributed by atoms with E-state index in [9.17, 15) is 4.79 Å². The Kier molecular flexibility index (Phi) is 7.23. The number of carbonyl (C=O) groups is 1. The third-order valence-corrected chi connectivity index (χ3v) is 6.90. The Morgan fingerprint density at radius 2 is 1.84 bits per heavy atom. The standard InChI is InChI=1S/C21H32N2OS/c1-2-20(18-6-4-3-5-7-18)21(24)22-16-17-8-12-23(13-9-17)19-10-14-25-15-11-19/h3-7,17,19-20H,2,8-16H2,1H3,(H,22,24)/t20-/m1/s1. The Morgan fingerprint density at radius 3 is 2.48 bits per heavy atom. The predicted molar refractivity (Wildman–Crippen MR) is 107 cm³/mol. The first-order valence-electron chi connectivity index (χ1n) is 9.92. The molecule has 138 valence electrons. The summed E-state index contributed by atoms with van der Waals surface area (Å²) >= 11 is 2.10. The summed E-state index contributed by atoms with van der Waals surface area (Å²) in [7, 11) is 0. The van der Waals surface area contributed by atoms with Crippen LogP contribution in [-0.4, -0.2) is 48.0 Å². The molecule has 0 aromatic heterocycles. The maximum atomic E-state index is 12.6. The van der Waals surface area contributed by atoms with E-state index in [1.807, 2.05) is 18.2 Å². The summed E-state index contributed by atoms with van der Waals surface area (Å²) in [5, 5.41) is 3.24. The quantitative estimate of drug-likeness (QED) is 0.835. The van der Waals surface area contributed by atoms with E-state index in [2.05, 4.69) is 41.0 Å². The molecule has 0 aliphatic carbocycles. The van der Waals surface area contributed by atoms with Gasteiger partial charge in [-0.05, 0) is 68.2 Å². The van der Waals surface area contributed by atoms with Gasteiger partial charge < -0.3 is 10.2 Å². The number of rotatable bonds is 6. The molecule has 1 amide bonds. The number of hydrogen-bond donors (Lipinski definition) is 1. The second-order valence-electron chi connectivity index (χ2n) is 7.44. The van der Waals surface area contributed by atoms with E-state index in [0.717, 1.165) is 24.6 Å². The number of benzene rings is 1. The zero-order chi connectivity index (χ0) is 17.5. The first-order chi connectivity index (χ1) is 12.3. The Labute approximate surface area is 156 Å². The van der Waals surface area contributed by atoms with Gasteiger partial charge in [-0.15, -0.1) is 0 Å². The fraction of sp³-hybridized carbons (Fsp3) is 0.667. The van der Waals surface area contributed by atoms with Crippen LogP contribution in [0.25, 0.3) is 0 Å². The molecule has 2 fully saturated rings. The lowest BCUT2D eigenvalue weighted by molar-refractivity contribution is -0.122. The average Bonchev–Trinajstić information content (AvgIpc) is 2.69. The molecule has 0 bridgehead atoms. The molecule has 3 nitrogen and oxygen atoms in total. The van der Waals surface area contributed by atoms with Gasteiger partial charge in [-0.2, -0.15) is 11.8 Å². The summed E-state index contributed by atoms with van der Waals surface area (Å²) < 4.78 is 0. The maximum Gasteiger partial charge on any atom is 0.227 e. The summed E-state index contributed by atoms with van der Waals surface area (Å²) in [5.74, 6) is 3.49. The number of likely N-dealkylation sites (tertiary alicyclic amines) is 1. The Hall–Kier alpha value is -1.00. The fourth-order valence-corrected chi connectivity index (χ4v) is 5.28. The normalized spacial score (nSPS) is 21.8. The molecule has 25 heavy (non-hydrogen) atoms. The fourth-order valence-electron chi connectivity index (χ4n) is 4.20. The molecular formula is C21H32N2OS. The molecule has 4 heteroatoms. The van der Waals surface area contributed by atoms with Crippen LogP contribution in [0.4, 0.5) is 0 Å². The van der Waals surface area contributed by atoms with Crippen molar-refractivity contribution in [3.8, 4) is 0 Å². The molecule has 0 saturated carbocycles. The zero-order valence-corrected chi connectivity index (χ0v) is 16.3. The van der Waals surface area contributed by atoms with Crippen molar-refractivity contribution in [1.29, 1.82) is 0 Å². The van der Waals surface area contributed by atoms with E-state index in [4.69, 9.17) is 0 Å². The molecule has 0 radical (unpaired) electrons. The molecule has 1 N–H and O–H groups in total. The van der Waals surface area contributed by atoms with Gasteiger partial charge in [0.2, 0.25) is 5.91 Å². The van der Waals surface area contributed by atoms with Crippen molar-refractivity contribution in [3.05, 3.63) is 35.9 Å². The van der Waals surface area contributed by atoms with Gasteiger partial charge in [-0.1, -0.05) is 37.3 Å². The van der Waals surface area contributed by atoms with Gasteiger partial charge in [-0.25, -0.2) is 0 Å². The lowest BCUT2D eigenvalue weighted by Gasteiger charge is -2.39. The smallest absolute Gasteiger partial charge is 0.227 e. The number of thioether (sulfide) groups is 1. The largest absolute Gasteiger partial charge is 0.355 e. The van der Waals surface area contributed by atoms with Crippen LogP contribution in [0.15, 0.2) is 30.3 Å². The third kappa shape index (κ3) is 5.24. The highest BCUT2D eigenvalue weighted by Gasteiger charge is 2.27. The van der Waals surface area contributed by atoms with Crippen molar-refractivity contribution >= 4 is 17.7 Å². The average molecular weight is 361 g/mol. The number of piperidine rings is 1. The third-order valence-electron chi connectivity index (χ3n) is 5.85. The van der Waals surface area contributed by atoms with E-state index in [1.165, 1.54) is 50.3 Å². The molecule has 2 aliphatic heterocycles. The van der Waals surface area contributed by atoms with Crippen LogP contribution in [0.1, 0.15) is 50.5 Å². The summed E-state index contributed by atoms with van der Waals surface area (Å²) in [6.45, 7) is 5.37. The van der Waals surface area contributed by atoms with Crippen molar-refractivity contribution in [2.75, 3.05) is 31.1 Å².